The van der Waals surface area contributed by atoms with Gasteiger partial charge in [-0.25, -0.2) is 4.39 Å². The molecule has 5 nitrogen and oxygen atoms in total. The van der Waals surface area contributed by atoms with Gasteiger partial charge in [-0.2, -0.15) is 4.98 Å². The van der Waals surface area contributed by atoms with E-state index in [9.17, 15) is 9.18 Å². The van der Waals surface area contributed by atoms with E-state index in [1.165, 1.54) is 12.1 Å². The molecule has 1 saturated carbocycles. The molecule has 1 aromatic carbocycles. The normalized spacial score (nSPS) is 26.4. The average molecular weight is 329 g/mol. The number of carbonyl (C=O) groups excluding carboxylic acids is 1. The van der Waals surface area contributed by atoms with Gasteiger partial charge in [-0.1, -0.05) is 24.2 Å². The van der Waals surface area contributed by atoms with E-state index in [1.54, 1.807) is 12.1 Å². The summed E-state index contributed by atoms with van der Waals surface area (Å²) in [6.07, 6.45) is 3.85. The average Bonchev–Trinajstić information content (AvgIpc) is 3.12. The Kier molecular flexibility index (Phi) is 3.82. The molecule has 0 bridgehead atoms. The van der Waals surface area contributed by atoms with Gasteiger partial charge >= 0.3 is 0 Å². The third-order valence-electron chi connectivity index (χ3n) is 5.02. The zero-order chi connectivity index (χ0) is 16.7. The molecule has 1 aliphatic carbocycles. The fraction of sp³-hybridized carbons (Fsp3) is 0.500. The van der Waals surface area contributed by atoms with Crippen LogP contribution in [-0.2, 0) is 4.79 Å². The van der Waals surface area contributed by atoms with Crippen molar-refractivity contribution in [2.24, 2.45) is 11.8 Å². The van der Waals surface area contributed by atoms with E-state index in [0.29, 0.717) is 23.2 Å². The highest BCUT2D eigenvalue weighted by atomic mass is 19.1. The molecule has 0 N–H and O–H groups in total. The van der Waals surface area contributed by atoms with Crippen molar-refractivity contribution in [3.8, 4) is 11.4 Å². The minimum absolute atomic E-state index is 0.149. The predicted molar refractivity (Wildman–Crippen MR) is 85.3 cm³/mol. The van der Waals surface area contributed by atoms with Crippen LogP contribution in [0.25, 0.3) is 11.4 Å². The van der Waals surface area contributed by atoms with Crippen LogP contribution in [0.1, 0.15) is 44.5 Å². The molecule has 1 aliphatic heterocycles. The third kappa shape index (κ3) is 2.81. The first-order valence-electron chi connectivity index (χ1n) is 8.53. The summed E-state index contributed by atoms with van der Waals surface area (Å²) in [5.74, 6) is 1.31. The number of aromatic nitrogens is 2. The molecule has 0 unspecified atom stereocenters. The lowest BCUT2D eigenvalue weighted by Gasteiger charge is -2.33. The molecule has 1 aromatic heterocycles. The highest BCUT2D eigenvalue weighted by Crippen LogP contribution is 2.42. The van der Waals surface area contributed by atoms with Crippen LogP contribution in [0.3, 0.4) is 0 Å². The van der Waals surface area contributed by atoms with Crippen LogP contribution in [0.4, 0.5) is 4.39 Å². The third-order valence-corrected chi connectivity index (χ3v) is 5.02. The maximum Gasteiger partial charge on any atom is 0.249 e. The van der Waals surface area contributed by atoms with Crippen molar-refractivity contribution in [2.45, 2.75) is 38.6 Å². The van der Waals surface area contributed by atoms with E-state index in [2.05, 4.69) is 17.1 Å². The summed E-state index contributed by atoms with van der Waals surface area (Å²) >= 11 is 0. The molecule has 126 valence electrons. The summed E-state index contributed by atoms with van der Waals surface area (Å²) in [4.78, 5) is 19.0. The first kappa shape index (κ1) is 15.3. The number of nitrogens with zero attached hydrogens (tertiary/aromatic N) is 3. The summed E-state index contributed by atoms with van der Waals surface area (Å²) in [7, 11) is 0. The monoisotopic (exact) mass is 329 g/mol. The lowest BCUT2D eigenvalue weighted by atomic mass is 10.0. The van der Waals surface area contributed by atoms with Gasteiger partial charge in [0.05, 0.1) is 0 Å². The van der Waals surface area contributed by atoms with E-state index in [4.69, 9.17) is 4.52 Å². The minimum Gasteiger partial charge on any atom is -0.337 e. The van der Waals surface area contributed by atoms with E-state index in [1.807, 2.05) is 4.90 Å². The van der Waals surface area contributed by atoms with Gasteiger partial charge in [-0.3, -0.25) is 4.79 Å². The van der Waals surface area contributed by atoms with Crippen LogP contribution < -0.4 is 0 Å². The number of halogens is 1. The highest BCUT2D eigenvalue weighted by Gasteiger charge is 2.44. The SMILES string of the molecule is C[C@@H]1C[C@@H]1C(=O)N1CCCC[C@H]1c1nc(-c2cccc(F)c2)no1. The summed E-state index contributed by atoms with van der Waals surface area (Å²) in [5.41, 5.74) is 0.578. The molecule has 3 atom stereocenters. The van der Waals surface area contributed by atoms with E-state index in [0.717, 1.165) is 32.2 Å². The number of hydrogen-bond acceptors (Lipinski definition) is 4. The fourth-order valence-electron chi connectivity index (χ4n) is 3.45. The number of likely N-dealkylation sites (tertiary alicyclic amines) is 1. The predicted octanol–water partition coefficient (Wildman–Crippen LogP) is 3.59. The summed E-state index contributed by atoms with van der Waals surface area (Å²) in [5, 5.41) is 3.98. The van der Waals surface area contributed by atoms with Crippen LogP contribution in [0.15, 0.2) is 28.8 Å². The van der Waals surface area contributed by atoms with Crippen molar-refractivity contribution >= 4 is 5.91 Å². The van der Waals surface area contributed by atoms with E-state index in [-0.39, 0.29) is 23.7 Å². The Morgan fingerprint density at radius 2 is 2.21 bits per heavy atom. The van der Waals surface area contributed by atoms with Crippen LogP contribution in [0.2, 0.25) is 0 Å². The molecule has 0 spiro atoms. The molecule has 2 heterocycles. The fourth-order valence-corrected chi connectivity index (χ4v) is 3.45. The molecule has 1 saturated heterocycles. The second kappa shape index (κ2) is 6.00. The Hall–Kier alpha value is -2.24. The zero-order valence-corrected chi connectivity index (χ0v) is 13.6. The van der Waals surface area contributed by atoms with Crippen molar-refractivity contribution in [1.82, 2.24) is 15.0 Å². The number of amides is 1. The maximum atomic E-state index is 13.4. The van der Waals surface area contributed by atoms with Crippen molar-refractivity contribution < 1.29 is 13.7 Å². The Labute approximate surface area is 139 Å². The van der Waals surface area contributed by atoms with Crippen LogP contribution >= 0.6 is 0 Å². The quantitative estimate of drug-likeness (QED) is 0.863. The standard InChI is InChI=1S/C18H20FN3O2/c1-11-9-14(11)18(23)22-8-3-2-7-15(22)17-20-16(21-24-17)12-5-4-6-13(19)10-12/h4-6,10-11,14-15H,2-3,7-9H2,1H3/t11-,14+,15+/m1/s1. The Morgan fingerprint density at radius 1 is 1.38 bits per heavy atom. The van der Waals surface area contributed by atoms with Gasteiger partial charge in [0.1, 0.15) is 11.9 Å². The second-order valence-electron chi connectivity index (χ2n) is 6.83. The van der Waals surface area contributed by atoms with Crippen LogP contribution in [-0.4, -0.2) is 27.5 Å². The van der Waals surface area contributed by atoms with Crippen molar-refractivity contribution in [1.29, 1.82) is 0 Å². The van der Waals surface area contributed by atoms with Gasteiger partial charge < -0.3 is 9.42 Å². The molecule has 2 fully saturated rings. The van der Waals surface area contributed by atoms with Crippen LogP contribution in [0.5, 0.6) is 0 Å². The molecule has 1 amide bonds. The summed E-state index contributed by atoms with van der Waals surface area (Å²) in [6.45, 7) is 2.85. The Balaban J connectivity index is 1.58. The number of piperidine rings is 1. The van der Waals surface area contributed by atoms with Crippen molar-refractivity contribution in [3.05, 3.63) is 36.0 Å². The Bertz CT molecular complexity index is 760. The van der Waals surface area contributed by atoms with Gasteiger partial charge in [0.15, 0.2) is 0 Å². The number of rotatable bonds is 3. The molecule has 4 rings (SSSR count). The second-order valence-corrected chi connectivity index (χ2v) is 6.83. The van der Waals surface area contributed by atoms with Gasteiger partial charge in [0.25, 0.3) is 0 Å². The van der Waals surface area contributed by atoms with Crippen molar-refractivity contribution in [2.75, 3.05) is 6.54 Å². The lowest BCUT2D eigenvalue weighted by molar-refractivity contribution is -0.137. The first-order valence-corrected chi connectivity index (χ1v) is 8.53. The molecule has 0 radical (unpaired) electrons. The van der Waals surface area contributed by atoms with Crippen LogP contribution in [0, 0.1) is 17.7 Å². The van der Waals surface area contributed by atoms with E-state index < -0.39 is 0 Å². The van der Waals surface area contributed by atoms with Gasteiger partial charge in [0.2, 0.25) is 17.6 Å². The summed E-state index contributed by atoms with van der Waals surface area (Å²) in [6, 6.07) is 5.96. The van der Waals surface area contributed by atoms with Gasteiger partial charge in [0, 0.05) is 18.0 Å². The smallest absolute Gasteiger partial charge is 0.249 e. The molecular weight excluding hydrogens is 309 g/mol. The first-order chi connectivity index (χ1) is 11.6. The lowest BCUT2D eigenvalue weighted by Crippen LogP contribution is -2.39. The molecule has 24 heavy (non-hydrogen) atoms. The Morgan fingerprint density at radius 3 is 2.96 bits per heavy atom. The number of benzene rings is 1. The van der Waals surface area contributed by atoms with Gasteiger partial charge in [-0.15, -0.1) is 0 Å². The molecular formula is C18H20FN3O2. The maximum absolute atomic E-state index is 13.4. The topological polar surface area (TPSA) is 59.2 Å². The summed E-state index contributed by atoms with van der Waals surface area (Å²) < 4.78 is 18.8. The molecule has 2 aliphatic rings. The van der Waals surface area contributed by atoms with Crippen molar-refractivity contribution in [3.63, 3.8) is 0 Å². The molecule has 2 aromatic rings. The number of hydrogen-bond donors (Lipinski definition) is 0. The van der Waals surface area contributed by atoms with Gasteiger partial charge in [-0.05, 0) is 43.7 Å². The largest absolute Gasteiger partial charge is 0.337 e. The molecule has 6 heteroatoms. The zero-order valence-electron chi connectivity index (χ0n) is 13.6. The number of carbonyl (C=O) groups is 1. The minimum atomic E-state index is -0.337. The highest BCUT2D eigenvalue weighted by molar-refractivity contribution is 5.82. The van der Waals surface area contributed by atoms with E-state index >= 15 is 0 Å².